The van der Waals surface area contributed by atoms with Crippen LogP contribution >= 0.6 is 0 Å². The van der Waals surface area contributed by atoms with Crippen molar-refractivity contribution in [1.29, 1.82) is 0 Å². The van der Waals surface area contributed by atoms with Crippen molar-refractivity contribution in [2.24, 2.45) is 0 Å². The average molecular weight is 385 g/mol. The molecule has 2 aromatic carbocycles. The van der Waals surface area contributed by atoms with Crippen molar-refractivity contribution in [2.45, 2.75) is 26.6 Å². The molecular weight excluding hydrogens is 362 g/mol. The summed E-state index contributed by atoms with van der Waals surface area (Å²) in [4.78, 5) is 20.8. The second-order valence-corrected chi connectivity index (χ2v) is 7.04. The second kappa shape index (κ2) is 8.56. The summed E-state index contributed by atoms with van der Waals surface area (Å²) in [5.41, 5.74) is 4.04. The lowest BCUT2D eigenvalue weighted by Gasteiger charge is -2.09. The van der Waals surface area contributed by atoms with Crippen LogP contribution in [0.25, 0.3) is 0 Å². The molecule has 0 aliphatic carbocycles. The topological polar surface area (TPSA) is 64.7 Å². The molecule has 4 aromatic rings. The number of amides is 1. The zero-order valence-corrected chi connectivity index (χ0v) is 16.3. The Morgan fingerprint density at radius 1 is 0.966 bits per heavy atom. The zero-order valence-electron chi connectivity index (χ0n) is 16.3. The monoisotopic (exact) mass is 385 g/mol. The summed E-state index contributed by atoms with van der Waals surface area (Å²) >= 11 is 0. The van der Waals surface area contributed by atoms with Crippen molar-refractivity contribution in [1.82, 2.24) is 24.4 Å². The quantitative estimate of drug-likeness (QED) is 0.530. The first kappa shape index (κ1) is 18.7. The Hall–Kier alpha value is -3.67. The maximum atomic E-state index is 12.5. The summed E-state index contributed by atoms with van der Waals surface area (Å²) in [6, 6.07) is 15.9. The van der Waals surface area contributed by atoms with Crippen LogP contribution in [0.5, 0.6) is 0 Å². The van der Waals surface area contributed by atoms with Crippen molar-refractivity contribution in [3.8, 4) is 0 Å². The van der Waals surface area contributed by atoms with Gasteiger partial charge in [0.2, 0.25) is 0 Å². The fourth-order valence-corrected chi connectivity index (χ4v) is 3.24. The second-order valence-electron chi connectivity index (χ2n) is 7.04. The summed E-state index contributed by atoms with van der Waals surface area (Å²) in [5.74, 6) is 0.912. The number of carbonyl (C=O) groups excluding carboxylic acids is 1. The van der Waals surface area contributed by atoms with E-state index in [9.17, 15) is 4.79 Å². The highest BCUT2D eigenvalue weighted by Crippen LogP contribution is 2.10. The van der Waals surface area contributed by atoms with Crippen LogP contribution in [0.3, 0.4) is 0 Å². The van der Waals surface area contributed by atoms with Crippen LogP contribution in [0.15, 0.2) is 79.6 Å². The van der Waals surface area contributed by atoms with Crippen LogP contribution in [-0.4, -0.2) is 25.0 Å². The van der Waals surface area contributed by atoms with Gasteiger partial charge in [-0.3, -0.25) is 4.79 Å². The molecule has 1 N–H and O–H groups in total. The molecule has 0 unspecified atom stereocenters. The van der Waals surface area contributed by atoms with Gasteiger partial charge in [-0.1, -0.05) is 36.4 Å². The van der Waals surface area contributed by atoms with Crippen LogP contribution in [0.2, 0.25) is 0 Å². The van der Waals surface area contributed by atoms with E-state index in [0.717, 1.165) is 30.0 Å². The molecule has 1 amide bonds. The third-order valence-corrected chi connectivity index (χ3v) is 4.86. The highest BCUT2D eigenvalue weighted by molar-refractivity contribution is 5.94. The number of benzene rings is 2. The summed E-state index contributed by atoms with van der Waals surface area (Å²) < 4.78 is 4.09. The van der Waals surface area contributed by atoms with Crippen molar-refractivity contribution < 1.29 is 4.79 Å². The van der Waals surface area contributed by atoms with Gasteiger partial charge in [-0.25, -0.2) is 9.97 Å². The first-order chi connectivity index (χ1) is 14.2. The predicted molar refractivity (Wildman–Crippen MR) is 111 cm³/mol. The number of rotatable bonds is 7. The van der Waals surface area contributed by atoms with E-state index in [0.29, 0.717) is 12.1 Å². The molecule has 0 aliphatic heterocycles. The van der Waals surface area contributed by atoms with Gasteiger partial charge in [0.1, 0.15) is 5.82 Å². The van der Waals surface area contributed by atoms with Gasteiger partial charge in [0.05, 0.1) is 6.33 Å². The number of nitrogens with zero attached hydrogens (tertiary/aromatic N) is 4. The molecule has 146 valence electrons. The van der Waals surface area contributed by atoms with Gasteiger partial charge in [-0.05, 0) is 35.7 Å². The fourth-order valence-electron chi connectivity index (χ4n) is 3.24. The Bertz CT molecular complexity index is 1080. The molecule has 0 radical (unpaired) electrons. The lowest BCUT2D eigenvalue weighted by Crippen LogP contribution is -2.22. The molecule has 0 spiro atoms. The molecule has 6 heteroatoms. The normalized spacial score (nSPS) is 10.8. The Balaban J connectivity index is 1.34. The minimum absolute atomic E-state index is 0.0740. The third-order valence-electron chi connectivity index (χ3n) is 4.86. The van der Waals surface area contributed by atoms with E-state index in [1.165, 1.54) is 5.56 Å². The van der Waals surface area contributed by atoms with Crippen molar-refractivity contribution >= 4 is 5.91 Å². The molecule has 6 nitrogen and oxygen atoms in total. The lowest BCUT2D eigenvalue weighted by atomic mass is 10.1. The average Bonchev–Trinajstić information content (AvgIpc) is 3.39. The summed E-state index contributed by atoms with van der Waals surface area (Å²) in [6.07, 6.45) is 9.24. The SMILES string of the molecule is Cc1nccn1Cc1cccc(CNC(=O)c2ccc(Cn3ccnc3)cc2)c1. The van der Waals surface area contributed by atoms with Gasteiger partial charge in [0.25, 0.3) is 5.91 Å². The molecular formula is C23H23N5O. The van der Waals surface area contributed by atoms with Gasteiger partial charge in [0.15, 0.2) is 0 Å². The van der Waals surface area contributed by atoms with E-state index in [1.54, 1.807) is 18.7 Å². The summed E-state index contributed by atoms with van der Waals surface area (Å²) in [6.45, 7) is 3.99. The molecule has 0 bridgehead atoms. The highest BCUT2D eigenvalue weighted by atomic mass is 16.1. The van der Waals surface area contributed by atoms with Gasteiger partial charge < -0.3 is 14.5 Å². The Morgan fingerprint density at radius 3 is 2.52 bits per heavy atom. The molecule has 0 fully saturated rings. The largest absolute Gasteiger partial charge is 0.348 e. The van der Waals surface area contributed by atoms with Crippen molar-refractivity contribution in [2.75, 3.05) is 0 Å². The summed E-state index contributed by atoms with van der Waals surface area (Å²) in [5, 5.41) is 3.00. The molecule has 4 rings (SSSR count). The lowest BCUT2D eigenvalue weighted by molar-refractivity contribution is 0.0951. The van der Waals surface area contributed by atoms with E-state index in [4.69, 9.17) is 0 Å². The number of hydrogen-bond acceptors (Lipinski definition) is 3. The number of aryl methyl sites for hydroxylation is 1. The van der Waals surface area contributed by atoms with Crippen molar-refractivity contribution in [3.05, 3.63) is 108 Å². The van der Waals surface area contributed by atoms with Gasteiger partial charge in [-0.2, -0.15) is 0 Å². The smallest absolute Gasteiger partial charge is 0.251 e. The minimum atomic E-state index is -0.0740. The number of hydrogen-bond donors (Lipinski definition) is 1. The molecule has 0 atom stereocenters. The van der Waals surface area contributed by atoms with E-state index < -0.39 is 0 Å². The zero-order chi connectivity index (χ0) is 20.1. The number of aromatic nitrogens is 4. The van der Waals surface area contributed by atoms with E-state index in [2.05, 4.69) is 32.0 Å². The minimum Gasteiger partial charge on any atom is -0.348 e. The molecule has 0 saturated heterocycles. The highest BCUT2D eigenvalue weighted by Gasteiger charge is 2.06. The molecule has 2 aromatic heterocycles. The fraction of sp³-hybridized carbons (Fsp3) is 0.174. The number of carbonyl (C=O) groups is 1. The first-order valence-corrected chi connectivity index (χ1v) is 9.56. The Morgan fingerprint density at radius 2 is 1.79 bits per heavy atom. The van der Waals surface area contributed by atoms with E-state index in [1.807, 2.05) is 60.3 Å². The van der Waals surface area contributed by atoms with Crippen LogP contribution in [0.1, 0.15) is 32.9 Å². The maximum Gasteiger partial charge on any atom is 0.251 e. The molecule has 0 aliphatic rings. The van der Waals surface area contributed by atoms with Crippen LogP contribution in [-0.2, 0) is 19.6 Å². The van der Waals surface area contributed by atoms with Gasteiger partial charge in [-0.15, -0.1) is 0 Å². The predicted octanol–water partition coefficient (Wildman–Crippen LogP) is 3.41. The first-order valence-electron chi connectivity index (χ1n) is 9.56. The Kier molecular flexibility index (Phi) is 5.52. The number of nitrogens with one attached hydrogen (secondary N) is 1. The van der Waals surface area contributed by atoms with Crippen LogP contribution in [0, 0.1) is 6.92 Å². The van der Waals surface area contributed by atoms with E-state index >= 15 is 0 Å². The Labute approximate surface area is 169 Å². The maximum absolute atomic E-state index is 12.5. The standard InChI is InChI=1S/C23H23N5O/c1-18-25-10-12-28(18)16-21-4-2-3-20(13-21)14-26-23(29)22-7-5-19(6-8-22)15-27-11-9-24-17-27/h2-13,17H,14-16H2,1H3,(H,26,29). The van der Waals surface area contributed by atoms with Crippen molar-refractivity contribution in [3.63, 3.8) is 0 Å². The summed E-state index contributed by atoms with van der Waals surface area (Å²) in [7, 11) is 0. The van der Waals surface area contributed by atoms with Gasteiger partial charge >= 0.3 is 0 Å². The number of imidazole rings is 2. The van der Waals surface area contributed by atoms with Gasteiger partial charge in [0, 0.05) is 50.0 Å². The molecule has 0 saturated carbocycles. The molecule has 2 heterocycles. The van der Waals surface area contributed by atoms with Crippen LogP contribution in [0.4, 0.5) is 0 Å². The molecule has 29 heavy (non-hydrogen) atoms. The third kappa shape index (κ3) is 4.79. The van der Waals surface area contributed by atoms with E-state index in [-0.39, 0.29) is 5.91 Å². The van der Waals surface area contributed by atoms with Crippen LogP contribution < -0.4 is 5.32 Å².